The molecule has 1 heterocycles. The first-order chi connectivity index (χ1) is 10.1. The van der Waals surface area contributed by atoms with Crippen molar-refractivity contribution < 1.29 is 19.4 Å². The van der Waals surface area contributed by atoms with Crippen LogP contribution < -0.4 is 9.47 Å². The lowest BCUT2D eigenvalue weighted by Crippen LogP contribution is -2.35. The Kier molecular flexibility index (Phi) is 5.44. The molecule has 0 atom stereocenters. The van der Waals surface area contributed by atoms with E-state index < -0.39 is 5.97 Å². The summed E-state index contributed by atoms with van der Waals surface area (Å²) in [7, 11) is 1.51. The van der Waals surface area contributed by atoms with Crippen LogP contribution in [-0.4, -0.2) is 49.3 Å². The molecule has 5 heteroatoms. The number of piperidine rings is 1. The lowest BCUT2D eigenvalue weighted by molar-refractivity contribution is 0.0696. The fourth-order valence-electron chi connectivity index (χ4n) is 2.49. The van der Waals surface area contributed by atoms with E-state index in [4.69, 9.17) is 14.6 Å². The Morgan fingerprint density at radius 2 is 2.05 bits per heavy atom. The molecule has 1 saturated heterocycles. The topological polar surface area (TPSA) is 59.0 Å². The largest absolute Gasteiger partial charge is 0.493 e. The molecule has 1 aliphatic heterocycles. The Bertz CT molecular complexity index is 481. The molecule has 0 amide bonds. The molecule has 1 N–H and O–H groups in total. The van der Waals surface area contributed by atoms with Crippen LogP contribution in [0.25, 0.3) is 0 Å². The molecule has 21 heavy (non-hydrogen) atoms. The van der Waals surface area contributed by atoms with Gasteiger partial charge in [0, 0.05) is 6.54 Å². The first-order valence-corrected chi connectivity index (χ1v) is 7.36. The minimum atomic E-state index is -0.970. The van der Waals surface area contributed by atoms with E-state index in [1.165, 1.54) is 32.1 Å². The smallest absolute Gasteiger partial charge is 0.335 e. The fraction of sp³-hybridized carbons (Fsp3) is 0.562. The van der Waals surface area contributed by atoms with E-state index in [9.17, 15) is 4.79 Å². The van der Waals surface area contributed by atoms with Crippen LogP contribution in [0.4, 0.5) is 0 Å². The van der Waals surface area contributed by atoms with Crippen LogP contribution in [0.1, 0.15) is 30.1 Å². The van der Waals surface area contributed by atoms with Crippen molar-refractivity contribution >= 4 is 5.97 Å². The Hall–Kier alpha value is -1.75. The molecule has 1 aromatic rings. The summed E-state index contributed by atoms with van der Waals surface area (Å²) in [5.74, 6) is 0.906. The average molecular weight is 293 g/mol. The highest BCUT2D eigenvalue weighted by atomic mass is 16.5. The highest BCUT2D eigenvalue weighted by Crippen LogP contribution is 2.28. The van der Waals surface area contributed by atoms with Gasteiger partial charge in [-0.3, -0.25) is 4.90 Å². The van der Waals surface area contributed by atoms with Gasteiger partial charge in [0.05, 0.1) is 12.7 Å². The van der Waals surface area contributed by atoms with Gasteiger partial charge in [-0.1, -0.05) is 6.92 Å². The summed E-state index contributed by atoms with van der Waals surface area (Å²) >= 11 is 0. The average Bonchev–Trinajstić information content (AvgIpc) is 2.49. The van der Waals surface area contributed by atoms with Crippen LogP contribution in [-0.2, 0) is 0 Å². The fourth-order valence-corrected chi connectivity index (χ4v) is 2.49. The van der Waals surface area contributed by atoms with Crippen LogP contribution in [0.2, 0.25) is 0 Å². The summed E-state index contributed by atoms with van der Waals surface area (Å²) in [6, 6.07) is 4.67. The van der Waals surface area contributed by atoms with Crippen LogP contribution in [0.3, 0.4) is 0 Å². The molecule has 0 radical (unpaired) electrons. The van der Waals surface area contributed by atoms with Gasteiger partial charge < -0.3 is 14.6 Å². The second kappa shape index (κ2) is 7.31. The third kappa shape index (κ3) is 4.36. The number of likely N-dealkylation sites (tertiary alicyclic amines) is 1. The second-order valence-electron chi connectivity index (χ2n) is 5.54. The minimum absolute atomic E-state index is 0.198. The summed E-state index contributed by atoms with van der Waals surface area (Å²) < 4.78 is 10.9. The lowest BCUT2D eigenvalue weighted by Gasteiger charge is -2.30. The maximum Gasteiger partial charge on any atom is 0.335 e. The second-order valence-corrected chi connectivity index (χ2v) is 5.54. The molecule has 2 rings (SSSR count). The maximum absolute atomic E-state index is 10.9. The van der Waals surface area contributed by atoms with Crippen molar-refractivity contribution in [2.45, 2.75) is 19.8 Å². The monoisotopic (exact) mass is 293 g/mol. The Morgan fingerprint density at radius 3 is 2.67 bits per heavy atom. The van der Waals surface area contributed by atoms with Crippen LogP contribution in [0.15, 0.2) is 18.2 Å². The van der Waals surface area contributed by atoms with E-state index in [2.05, 4.69) is 11.8 Å². The van der Waals surface area contributed by atoms with Gasteiger partial charge in [-0.05, 0) is 50.0 Å². The molecular formula is C16H23NO4. The zero-order chi connectivity index (χ0) is 15.2. The Labute approximate surface area is 125 Å². The number of hydrogen-bond donors (Lipinski definition) is 1. The highest BCUT2D eigenvalue weighted by molar-refractivity contribution is 5.88. The van der Waals surface area contributed by atoms with Crippen LogP contribution >= 0.6 is 0 Å². The molecule has 0 bridgehead atoms. The quantitative estimate of drug-likeness (QED) is 0.873. The third-order valence-electron chi connectivity index (χ3n) is 3.95. The van der Waals surface area contributed by atoms with Gasteiger partial charge in [0.15, 0.2) is 11.5 Å². The number of aromatic carboxylic acids is 1. The van der Waals surface area contributed by atoms with Crippen molar-refractivity contribution in [3.63, 3.8) is 0 Å². The normalized spacial score (nSPS) is 16.7. The molecule has 116 valence electrons. The minimum Gasteiger partial charge on any atom is -0.493 e. The van der Waals surface area contributed by atoms with E-state index in [1.807, 2.05) is 0 Å². The molecule has 1 aliphatic rings. The van der Waals surface area contributed by atoms with Crippen molar-refractivity contribution in [1.82, 2.24) is 4.90 Å². The number of carboxylic acids is 1. The zero-order valence-electron chi connectivity index (χ0n) is 12.7. The van der Waals surface area contributed by atoms with Gasteiger partial charge >= 0.3 is 5.97 Å². The van der Waals surface area contributed by atoms with Crippen molar-refractivity contribution in [3.8, 4) is 11.5 Å². The first kappa shape index (κ1) is 15.6. The van der Waals surface area contributed by atoms with Crippen molar-refractivity contribution in [1.29, 1.82) is 0 Å². The Balaban J connectivity index is 1.86. The van der Waals surface area contributed by atoms with Gasteiger partial charge in [-0.15, -0.1) is 0 Å². The summed E-state index contributed by atoms with van der Waals surface area (Å²) in [5, 5.41) is 8.96. The van der Waals surface area contributed by atoms with Crippen molar-refractivity contribution in [2.75, 3.05) is 33.4 Å². The molecule has 5 nitrogen and oxygen atoms in total. The number of rotatable bonds is 6. The molecule has 1 fully saturated rings. The standard InChI is InChI=1S/C16H23NO4/c1-12-5-7-17(8-6-12)9-10-21-14-4-3-13(16(18)19)11-15(14)20-2/h3-4,11-12H,5-10H2,1-2H3,(H,18,19). The van der Waals surface area contributed by atoms with Gasteiger partial charge in [0.25, 0.3) is 0 Å². The van der Waals surface area contributed by atoms with Gasteiger partial charge in [-0.2, -0.15) is 0 Å². The van der Waals surface area contributed by atoms with Gasteiger partial charge in [0.1, 0.15) is 6.61 Å². The van der Waals surface area contributed by atoms with E-state index >= 15 is 0 Å². The predicted molar refractivity (Wildman–Crippen MR) is 80.3 cm³/mol. The number of nitrogens with zero attached hydrogens (tertiary/aromatic N) is 1. The molecule has 0 aliphatic carbocycles. The van der Waals surface area contributed by atoms with E-state index in [0.717, 1.165) is 25.6 Å². The summed E-state index contributed by atoms with van der Waals surface area (Å²) in [4.78, 5) is 13.3. The summed E-state index contributed by atoms with van der Waals surface area (Å²) in [5.41, 5.74) is 0.198. The number of methoxy groups -OCH3 is 1. The van der Waals surface area contributed by atoms with E-state index in [1.54, 1.807) is 6.07 Å². The SMILES string of the molecule is COc1cc(C(=O)O)ccc1OCCN1CCC(C)CC1. The zero-order valence-corrected chi connectivity index (χ0v) is 12.7. The molecule has 0 saturated carbocycles. The molecule has 0 aromatic heterocycles. The van der Waals surface area contributed by atoms with Gasteiger partial charge in [-0.25, -0.2) is 4.79 Å². The molecule has 0 spiro atoms. The lowest BCUT2D eigenvalue weighted by atomic mass is 9.99. The highest BCUT2D eigenvalue weighted by Gasteiger charge is 2.16. The molecule has 0 unspecified atom stereocenters. The van der Waals surface area contributed by atoms with Crippen molar-refractivity contribution in [2.24, 2.45) is 5.92 Å². The van der Waals surface area contributed by atoms with E-state index in [0.29, 0.717) is 18.1 Å². The number of carboxylic acid groups (broad SMARTS) is 1. The van der Waals surface area contributed by atoms with E-state index in [-0.39, 0.29) is 5.56 Å². The number of carbonyl (C=O) groups is 1. The first-order valence-electron chi connectivity index (χ1n) is 7.36. The number of benzene rings is 1. The van der Waals surface area contributed by atoms with Gasteiger partial charge in [0.2, 0.25) is 0 Å². The molecular weight excluding hydrogens is 270 g/mol. The number of hydrogen-bond acceptors (Lipinski definition) is 4. The third-order valence-corrected chi connectivity index (χ3v) is 3.95. The summed E-state index contributed by atoms with van der Waals surface area (Å²) in [6.45, 7) is 6.01. The van der Waals surface area contributed by atoms with Crippen LogP contribution in [0, 0.1) is 5.92 Å². The predicted octanol–water partition coefficient (Wildman–Crippen LogP) is 2.50. The Morgan fingerprint density at radius 1 is 1.33 bits per heavy atom. The number of ether oxygens (including phenoxy) is 2. The maximum atomic E-state index is 10.9. The molecule has 1 aromatic carbocycles. The van der Waals surface area contributed by atoms with Crippen molar-refractivity contribution in [3.05, 3.63) is 23.8 Å². The van der Waals surface area contributed by atoms with Crippen LogP contribution in [0.5, 0.6) is 11.5 Å². The summed E-state index contributed by atoms with van der Waals surface area (Å²) in [6.07, 6.45) is 2.49.